The quantitative estimate of drug-likeness (QED) is 0.760. The highest BCUT2D eigenvalue weighted by Gasteiger charge is 2.20. The summed E-state index contributed by atoms with van der Waals surface area (Å²) in [7, 11) is 0. The van der Waals surface area contributed by atoms with Gasteiger partial charge in [-0.05, 0) is 55.3 Å². The predicted molar refractivity (Wildman–Crippen MR) is 104 cm³/mol. The first-order valence-electron chi connectivity index (χ1n) is 8.13. The molecule has 2 aromatic rings. The average Bonchev–Trinajstić information content (AvgIpc) is 3.12. The predicted octanol–water partition coefficient (Wildman–Crippen LogP) is 3.42. The molecule has 2 amide bonds. The lowest BCUT2D eigenvalue weighted by Gasteiger charge is -2.26. The maximum Gasteiger partial charge on any atom is 0.265 e. The molecule has 0 aliphatic heterocycles. The van der Waals surface area contributed by atoms with Gasteiger partial charge in [0.25, 0.3) is 11.8 Å². The first-order valence-corrected chi connectivity index (χ1v) is 9.01. The van der Waals surface area contributed by atoms with Gasteiger partial charge in [0, 0.05) is 23.3 Å². The number of halogens is 1. The Hall–Kier alpha value is -1.89. The third kappa shape index (κ3) is 5.29. The highest BCUT2D eigenvalue weighted by Crippen LogP contribution is 2.19. The van der Waals surface area contributed by atoms with E-state index in [1.807, 2.05) is 11.4 Å². The maximum atomic E-state index is 12.4. The van der Waals surface area contributed by atoms with Crippen LogP contribution in [0, 0.1) is 0 Å². The molecule has 0 bridgehead atoms. The molecule has 0 atom stereocenters. The molecular formula is C18H22ClN3O2S. The Morgan fingerprint density at radius 2 is 1.80 bits per heavy atom. The number of carbonyl (C=O) groups excluding carboxylic acids is 2. The van der Waals surface area contributed by atoms with Gasteiger partial charge in [-0.25, -0.2) is 0 Å². The number of anilines is 1. The third-order valence-electron chi connectivity index (χ3n) is 4.23. The van der Waals surface area contributed by atoms with Crippen LogP contribution in [0.25, 0.3) is 0 Å². The Kier molecular flexibility index (Phi) is 6.99. The Balaban J connectivity index is 0.00000225. The van der Waals surface area contributed by atoms with E-state index in [4.69, 9.17) is 5.73 Å². The second-order valence-electron chi connectivity index (χ2n) is 6.10. The normalized spacial score (nSPS) is 19.6. The zero-order valence-electron chi connectivity index (χ0n) is 13.7. The monoisotopic (exact) mass is 379 g/mol. The highest BCUT2D eigenvalue weighted by molar-refractivity contribution is 7.12. The molecule has 0 radical (unpaired) electrons. The summed E-state index contributed by atoms with van der Waals surface area (Å²) in [6, 6.07) is 11.1. The van der Waals surface area contributed by atoms with Crippen molar-refractivity contribution in [2.45, 2.75) is 37.8 Å². The second-order valence-corrected chi connectivity index (χ2v) is 7.05. The standard InChI is InChI=1S/C18H21N3O2S.ClH/c19-13-6-8-14(9-7-13)20-17(22)12-3-1-4-15(11-12)21-18(23)16-5-2-10-24-16;/h1-5,10-11,13-14H,6-9,19H2,(H,20,22)(H,21,23);1H. The van der Waals surface area contributed by atoms with Gasteiger partial charge in [0.2, 0.25) is 0 Å². The van der Waals surface area contributed by atoms with Crippen LogP contribution < -0.4 is 16.4 Å². The van der Waals surface area contributed by atoms with Crippen LogP contribution in [-0.4, -0.2) is 23.9 Å². The van der Waals surface area contributed by atoms with Gasteiger partial charge < -0.3 is 16.4 Å². The highest BCUT2D eigenvalue weighted by atomic mass is 35.5. The summed E-state index contributed by atoms with van der Waals surface area (Å²) in [4.78, 5) is 25.1. The topological polar surface area (TPSA) is 84.2 Å². The number of amides is 2. The minimum atomic E-state index is -0.163. The molecule has 0 saturated heterocycles. The Morgan fingerprint density at radius 3 is 2.48 bits per heavy atom. The number of carbonyl (C=O) groups is 2. The van der Waals surface area contributed by atoms with Crippen molar-refractivity contribution in [3.63, 3.8) is 0 Å². The van der Waals surface area contributed by atoms with Crippen molar-refractivity contribution in [3.8, 4) is 0 Å². The van der Waals surface area contributed by atoms with E-state index in [-0.39, 0.29) is 36.3 Å². The third-order valence-corrected chi connectivity index (χ3v) is 5.10. The fourth-order valence-electron chi connectivity index (χ4n) is 2.87. The van der Waals surface area contributed by atoms with Crippen LogP contribution in [0.5, 0.6) is 0 Å². The van der Waals surface area contributed by atoms with Crippen molar-refractivity contribution < 1.29 is 9.59 Å². The molecule has 1 fully saturated rings. The van der Waals surface area contributed by atoms with E-state index < -0.39 is 0 Å². The molecule has 3 rings (SSSR count). The van der Waals surface area contributed by atoms with Crippen molar-refractivity contribution in [2.24, 2.45) is 5.73 Å². The van der Waals surface area contributed by atoms with Gasteiger partial charge >= 0.3 is 0 Å². The molecule has 1 aliphatic carbocycles. The molecule has 4 N–H and O–H groups in total. The van der Waals surface area contributed by atoms with Crippen LogP contribution in [-0.2, 0) is 0 Å². The van der Waals surface area contributed by atoms with Crippen LogP contribution in [0.4, 0.5) is 5.69 Å². The number of benzene rings is 1. The molecule has 5 nitrogen and oxygen atoms in total. The van der Waals surface area contributed by atoms with E-state index in [9.17, 15) is 9.59 Å². The first-order chi connectivity index (χ1) is 11.6. The van der Waals surface area contributed by atoms with Gasteiger partial charge in [-0.2, -0.15) is 0 Å². The summed E-state index contributed by atoms with van der Waals surface area (Å²) >= 11 is 1.38. The summed E-state index contributed by atoms with van der Waals surface area (Å²) in [5.74, 6) is -0.272. The van der Waals surface area contributed by atoms with Gasteiger partial charge in [0.05, 0.1) is 4.88 Å². The molecule has 1 aliphatic rings. The summed E-state index contributed by atoms with van der Waals surface area (Å²) in [6.07, 6.45) is 3.73. The van der Waals surface area contributed by atoms with E-state index in [1.54, 1.807) is 30.3 Å². The van der Waals surface area contributed by atoms with E-state index in [0.29, 0.717) is 16.1 Å². The number of nitrogens with two attached hydrogens (primary N) is 1. The van der Waals surface area contributed by atoms with Gasteiger partial charge in [-0.3, -0.25) is 9.59 Å². The smallest absolute Gasteiger partial charge is 0.265 e. The van der Waals surface area contributed by atoms with Crippen LogP contribution in [0.1, 0.15) is 45.7 Å². The maximum absolute atomic E-state index is 12.4. The van der Waals surface area contributed by atoms with Crippen molar-refractivity contribution in [3.05, 3.63) is 52.2 Å². The van der Waals surface area contributed by atoms with Crippen LogP contribution in [0.2, 0.25) is 0 Å². The van der Waals surface area contributed by atoms with E-state index in [0.717, 1.165) is 25.7 Å². The molecule has 1 heterocycles. The van der Waals surface area contributed by atoms with Gasteiger partial charge in [0.15, 0.2) is 0 Å². The van der Waals surface area contributed by atoms with Gasteiger partial charge in [0.1, 0.15) is 0 Å². The Morgan fingerprint density at radius 1 is 1.04 bits per heavy atom. The van der Waals surface area contributed by atoms with Crippen LogP contribution >= 0.6 is 23.7 Å². The number of thiophene rings is 1. The zero-order chi connectivity index (χ0) is 16.9. The molecule has 0 unspecified atom stereocenters. The average molecular weight is 380 g/mol. The number of hydrogen-bond acceptors (Lipinski definition) is 4. The van der Waals surface area contributed by atoms with E-state index in [1.165, 1.54) is 11.3 Å². The molecule has 1 aromatic carbocycles. The summed E-state index contributed by atoms with van der Waals surface area (Å²) in [5.41, 5.74) is 7.06. The van der Waals surface area contributed by atoms with E-state index >= 15 is 0 Å². The Labute approximate surface area is 157 Å². The molecule has 134 valence electrons. The lowest BCUT2D eigenvalue weighted by atomic mass is 9.91. The van der Waals surface area contributed by atoms with E-state index in [2.05, 4.69) is 10.6 Å². The molecular weight excluding hydrogens is 358 g/mol. The number of rotatable bonds is 4. The van der Waals surface area contributed by atoms with Crippen LogP contribution in [0.3, 0.4) is 0 Å². The summed E-state index contributed by atoms with van der Waals surface area (Å²) < 4.78 is 0. The molecule has 1 aromatic heterocycles. The minimum absolute atomic E-state index is 0. The van der Waals surface area contributed by atoms with Gasteiger partial charge in [-0.15, -0.1) is 23.7 Å². The van der Waals surface area contributed by atoms with Crippen molar-refractivity contribution in [1.82, 2.24) is 5.32 Å². The number of nitrogens with one attached hydrogen (secondary N) is 2. The lowest BCUT2D eigenvalue weighted by molar-refractivity contribution is 0.0925. The molecule has 7 heteroatoms. The number of hydrogen-bond donors (Lipinski definition) is 3. The minimum Gasteiger partial charge on any atom is -0.349 e. The largest absolute Gasteiger partial charge is 0.349 e. The summed E-state index contributed by atoms with van der Waals surface area (Å²) in [5, 5.41) is 7.74. The zero-order valence-corrected chi connectivity index (χ0v) is 15.4. The summed E-state index contributed by atoms with van der Waals surface area (Å²) in [6.45, 7) is 0. The fraction of sp³-hybridized carbons (Fsp3) is 0.333. The molecule has 25 heavy (non-hydrogen) atoms. The van der Waals surface area contributed by atoms with Gasteiger partial charge in [-0.1, -0.05) is 12.1 Å². The molecule has 1 saturated carbocycles. The lowest BCUT2D eigenvalue weighted by Crippen LogP contribution is -2.40. The SMILES string of the molecule is Cl.NC1CCC(NC(=O)c2cccc(NC(=O)c3cccs3)c2)CC1. The Bertz CT molecular complexity index is 713. The second kappa shape index (κ2) is 8.99. The van der Waals surface area contributed by atoms with Crippen molar-refractivity contribution >= 4 is 41.2 Å². The van der Waals surface area contributed by atoms with Crippen molar-refractivity contribution in [2.75, 3.05) is 5.32 Å². The molecule has 0 spiro atoms. The van der Waals surface area contributed by atoms with Crippen molar-refractivity contribution in [1.29, 1.82) is 0 Å². The fourth-order valence-corrected chi connectivity index (χ4v) is 3.49. The first kappa shape index (κ1) is 19.4. The van der Waals surface area contributed by atoms with Crippen LogP contribution in [0.15, 0.2) is 41.8 Å².